The van der Waals surface area contributed by atoms with Crippen LogP contribution in [0.15, 0.2) is 29.2 Å². The second kappa shape index (κ2) is 8.03. The highest BCUT2D eigenvalue weighted by atomic mass is 32.2. The molecule has 19 heavy (non-hydrogen) atoms. The van der Waals surface area contributed by atoms with Crippen LogP contribution in [0.1, 0.15) is 6.42 Å². The molecule has 0 saturated carbocycles. The predicted molar refractivity (Wildman–Crippen MR) is 76.5 cm³/mol. The lowest BCUT2D eigenvalue weighted by Crippen LogP contribution is -2.32. The summed E-state index contributed by atoms with van der Waals surface area (Å²) in [4.78, 5) is 21.8. The van der Waals surface area contributed by atoms with E-state index in [0.717, 1.165) is 11.9 Å². The molecule has 0 aliphatic rings. The quantitative estimate of drug-likeness (QED) is 0.432. The highest BCUT2D eigenvalue weighted by molar-refractivity contribution is 7.98. The normalized spacial score (nSPS) is 12.1. The number of hydrogen-bond donors (Lipinski definition) is 2. The molecule has 0 amide bonds. The van der Waals surface area contributed by atoms with E-state index in [1.54, 1.807) is 30.0 Å². The Morgan fingerprint density at radius 1 is 1.53 bits per heavy atom. The number of hydrogen-bond acceptors (Lipinski definition) is 6. The molecule has 0 heterocycles. The fourth-order valence-corrected chi connectivity index (χ4v) is 2.65. The number of thioether (sulfide) groups is 1. The highest BCUT2D eigenvalue weighted by Gasteiger charge is 2.19. The van der Waals surface area contributed by atoms with Gasteiger partial charge in [-0.3, -0.25) is 14.9 Å². The van der Waals surface area contributed by atoms with Crippen molar-refractivity contribution >= 4 is 35.4 Å². The number of nitro benzene ring substituents is 1. The Hall–Kier alpha value is -1.25. The number of carboxylic acid groups (broad SMARTS) is 1. The van der Waals surface area contributed by atoms with Gasteiger partial charge in [-0.05, 0) is 36.4 Å². The van der Waals surface area contributed by atoms with Gasteiger partial charge in [-0.2, -0.15) is 11.8 Å². The maximum Gasteiger partial charge on any atom is 0.321 e. The molecule has 0 aromatic heterocycles. The molecule has 1 aromatic carbocycles. The first-order valence-electron chi connectivity index (χ1n) is 5.43. The second-order valence-corrected chi connectivity index (χ2v) is 5.48. The molecule has 1 rings (SSSR count). The summed E-state index contributed by atoms with van der Waals surface area (Å²) in [6, 6.07) is 5.50. The summed E-state index contributed by atoms with van der Waals surface area (Å²) in [5, 5.41) is 19.9. The van der Waals surface area contributed by atoms with E-state index in [2.05, 4.69) is 4.72 Å². The number of nitrogens with zero attached hydrogens (tertiary/aromatic N) is 1. The number of nitrogens with one attached hydrogen (secondary N) is 1. The Labute approximate surface area is 119 Å². The molecule has 0 spiro atoms. The minimum absolute atomic E-state index is 0.0333. The van der Waals surface area contributed by atoms with Crippen molar-refractivity contribution in [1.82, 2.24) is 4.72 Å². The van der Waals surface area contributed by atoms with Gasteiger partial charge in [-0.25, -0.2) is 4.72 Å². The Morgan fingerprint density at radius 3 is 2.79 bits per heavy atom. The fraction of sp³-hybridized carbons (Fsp3) is 0.364. The van der Waals surface area contributed by atoms with Gasteiger partial charge in [0.05, 0.1) is 4.92 Å². The van der Waals surface area contributed by atoms with Crippen molar-refractivity contribution in [3.8, 4) is 0 Å². The van der Waals surface area contributed by atoms with Crippen LogP contribution >= 0.6 is 23.7 Å². The smallest absolute Gasteiger partial charge is 0.321 e. The van der Waals surface area contributed by atoms with E-state index in [1.807, 2.05) is 6.26 Å². The molecule has 0 bridgehead atoms. The van der Waals surface area contributed by atoms with Crippen molar-refractivity contribution < 1.29 is 14.8 Å². The van der Waals surface area contributed by atoms with Crippen molar-refractivity contribution in [2.45, 2.75) is 17.4 Å². The van der Waals surface area contributed by atoms with Crippen molar-refractivity contribution in [3.05, 3.63) is 34.4 Å². The summed E-state index contributed by atoms with van der Waals surface area (Å²) in [7, 11) is 0. The summed E-state index contributed by atoms with van der Waals surface area (Å²) < 4.78 is 2.76. The van der Waals surface area contributed by atoms with Crippen LogP contribution < -0.4 is 4.72 Å². The van der Waals surface area contributed by atoms with Crippen molar-refractivity contribution in [2.75, 3.05) is 12.0 Å². The summed E-state index contributed by atoms with van der Waals surface area (Å²) in [6.45, 7) is 0. The van der Waals surface area contributed by atoms with E-state index in [4.69, 9.17) is 5.11 Å². The van der Waals surface area contributed by atoms with E-state index < -0.39 is 16.9 Å². The third kappa shape index (κ3) is 5.09. The van der Waals surface area contributed by atoms with Gasteiger partial charge < -0.3 is 5.11 Å². The number of carbonyl (C=O) groups is 1. The molecule has 1 atom stereocenters. The summed E-state index contributed by atoms with van der Waals surface area (Å²) >= 11 is 2.54. The third-order valence-corrected chi connectivity index (χ3v) is 3.89. The summed E-state index contributed by atoms with van der Waals surface area (Å²) in [5.74, 6) is -0.248. The molecule has 0 fully saturated rings. The minimum Gasteiger partial charge on any atom is -0.480 e. The molecule has 0 aliphatic heterocycles. The van der Waals surface area contributed by atoms with Gasteiger partial charge in [-0.15, -0.1) is 0 Å². The average molecular weight is 302 g/mol. The predicted octanol–water partition coefficient (Wildman–Crippen LogP) is 2.40. The Morgan fingerprint density at radius 2 is 2.21 bits per heavy atom. The zero-order valence-electron chi connectivity index (χ0n) is 10.2. The molecular formula is C11H14N2O4S2. The molecular weight excluding hydrogens is 288 g/mol. The van der Waals surface area contributed by atoms with Gasteiger partial charge in [0.2, 0.25) is 0 Å². The monoisotopic (exact) mass is 302 g/mol. The van der Waals surface area contributed by atoms with Crippen LogP contribution in [0.3, 0.4) is 0 Å². The third-order valence-electron chi connectivity index (χ3n) is 2.28. The number of aliphatic carboxylic acids is 1. The van der Waals surface area contributed by atoms with Gasteiger partial charge in [0.1, 0.15) is 10.9 Å². The maximum absolute atomic E-state index is 11.0. The fourth-order valence-electron chi connectivity index (χ4n) is 1.30. The molecule has 1 unspecified atom stereocenters. The Balaban J connectivity index is 2.68. The van der Waals surface area contributed by atoms with Crippen molar-refractivity contribution in [2.24, 2.45) is 0 Å². The van der Waals surface area contributed by atoms with Crippen LogP contribution in [0.2, 0.25) is 0 Å². The lowest BCUT2D eigenvalue weighted by molar-refractivity contribution is -0.387. The van der Waals surface area contributed by atoms with Crippen LogP contribution in [0.25, 0.3) is 0 Å². The number of benzene rings is 1. The zero-order valence-corrected chi connectivity index (χ0v) is 11.9. The molecule has 0 saturated heterocycles. The van der Waals surface area contributed by atoms with Gasteiger partial charge in [0.15, 0.2) is 0 Å². The molecule has 1 aromatic rings. The van der Waals surface area contributed by atoms with E-state index in [-0.39, 0.29) is 5.69 Å². The topological polar surface area (TPSA) is 92.5 Å². The summed E-state index contributed by atoms with van der Waals surface area (Å²) in [6.07, 6.45) is 2.36. The van der Waals surface area contributed by atoms with Crippen LogP contribution in [0.4, 0.5) is 5.69 Å². The molecule has 0 aliphatic carbocycles. The maximum atomic E-state index is 11.0. The van der Waals surface area contributed by atoms with E-state index in [1.165, 1.54) is 6.07 Å². The first-order chi connectivity index (χ1) is 9.06. The average Bonchev–Trinajstić information content (AvgIpc) is 2.38. The number of nitro groups is 1. The van der Waals surface area contributed by atoms with Crippen LogP contribution in [-0.4, -0.2) is 34.0 Å². The highest BCUT2D eigenvalue weighted by Crippen LogP contribution is 2.27. The lowest BCUT2D eigenvalue weighted by atomic mass is 10.2. The van der Waals surface area contributed by atoms with Crippen molar-refractivity contribution in [3.63, 3.8) is 0 Å². The molecule has 8 heteroatoms. The van der Waals surface area contributed by atoms with E-state index in [0.29, 0.717) is 17.1 Å². The first kappa shape index (κ1) is 15.8. The molecule has 6 nitrogen and oxygen atoms in total. The van der Waals surface area contributed by atoms with E-state index >= 15 is 0 Å². The standard InChI is InChI=1S/C11H14N2O4S2/c1-18-7-6-8(11(14)15)12-19-10-5-3-2-4-9(10)13(16)17/h2-5,8,12H,6-7H2,1H3,(H,14,15). The van der Waals surface area contributed by atoms with Crippen molar-refractivity contribution in [1.29, 1.82) is 0 Å². The Bertz CT molecular complexity index is 456. The van der Waals surface area contributed by atoms with E-state index in [9.17, 15) is 14.9 Å². The number of carboxylic acids is 1. The largest absolute Gasteiger partial charge is 0.480 e. The zero-order chi connectivity index (χ0) is 14.3. The summed E-state index contributed by atoms with van der Waals surface area (Å²) in [5.41, 5.74) is -0.0333. The molecule has 2 N–H and O–H groups in total. The van der Waals surface area contributed by atoms with Crippen LogP contribution in [0, 0.1) is 10.1 Å². The number of rotatable bonds is 8. The first-order valence-corrected chi connectivity index (χ1v) is 7.64. The van der Waals surface area contributed by atoms with Crippen LogP contribution in [0.5, 0.6) is 0 Å². The van der Waals surface area contributed by atoms with Gasteiger partial charge in [-0.1, -0.05) is 12.1 Å². The van der Waals surface area contributed by atoms with Gasteiger partial charge in [0, 0.05) is 6.07 Å². The van der Waals surface area contributed by atoms with Crippen LogP contribution in [-0.2, 0) is 4.79 Å². The lowest BCUT2D eigenvalue weighted by Gasteiger charge is -2.12. The number of para-hydroxylation sites is 1. The van der Waals surface area contributed by atoms with Gasteiger partial charge in [0.25, 0.3) is 5.69 Å². The van der Waals surface area contributed by atoms with Gasteiger partial charge >= 0.3 is 5.97 Å². The molecule has 104 valence electrons. The molecule has 0 radical (unpaired) electrons. The minimum atomic E-state index is -0.958. The SMILES string of the molecule is CSCCC(NSc1ccccc1[N+](=O)[O-])C(=O)O. The second-order valence-electron chi connectivity index (χ2n) is 3.62. The Kier molecular flexibility index (Phi) is 6.68.